The molecule has 12 heteroatoms. The van der Waals surface area contributed by atoms with Crippen LogP contribution in [0.25, 0.3) is 22.6 Å². The summed E-state index contributed by atoms with van der Waals surface area (Å²) in [4.78, 5) is 15.0. The molecule has 10 nitrogen and oxygen atoms in total. The Morgan fingerprint density at radius 2 is 2.00 bits per heavy atom. The normalized spacial score (nSPS) is 11.3. The zero-order chi connectivity index (χ0) is 22.1. The predicted octanol–water partition coefficient (Wildman–Crippen LogP) is 2.07. The molecule has 0 unspecified atom stereocenters. The highest BCUT2D eigenvalue weighted by Crippen LogP contribution is 2.37. The molecule has 0 aliphatic rings. The van der Waals surface area contributed by atoms with Gasteiger partial charge in [-0.15, -0.1) is 0 Å². The summed E-state index contributed by atoms with van der Waals surface area (Å²) in [5.41, 5.74) is 5.34. The van der Waals surface area contributed by atoms with Gasteiger partial charge in [0.2, 0.25) is 15.9 Å². The van der Waals surface area contributed by atoms with Crippen LogP contribution in [0.15, 0.2) is 51.8 Å². The zero-order valence-corrected chi connectivity index (χ0v) is 16.4. The number of amides is 2. The van der Waals surface area contributed by atoms with Gasteiger partial charge in [0.05, 0.1) is 12.0 Å². The first kappa shape index (κ1) is 21.2. The number of carbonyl (C=O) groups excluding carboxylic acids is 1. The van der Waals surface area contributed by atoms with Crippen molar-refractivity contribution in [1.29, 1.82) is 0 Å². The molecule has 30 heavy (non-hydrogen) atoms. The second-order valence-corrected chi connectivity index (χ2v) is 7.60. The molecule has 0 bridgehead atoms. The van der Waals surface area contributed by atoms with Crippen LogP contribution in [0.1, 0.15) is 5.89 Å². The maximum absolute atomic E-state index is 14.3. The van der Waals surface area contributed by atoms with Gasteiger partial charge in [-0.2, -0.15) is 5.06 Å². The van der Waals surface area contributed by atoms with Gasteiger partial charge in [0, 0.05) is 11.1 Å². The van der Waals surface area contributed by atoms with E-state index in [2.05, 4.69) is 4.98 Å². The summed E-state index contributed by atoms with van der Waals surface area (Å²) in [6.07, 6.45) is 0. The lowest BCUT2D eigenvalue weighted by molar-refractivity contribution is -0.0523. The molecule has 0 spiro atoms. The van der Waals surface area contributed by atoms with Crippen LogP contribution in [0.5, 0.6) is 5.75 Å². The van der Waals surface area contributed by atoms with Gasteiger partial charge in [0.25, 0.3) is 0 Å². The molecular formula is C18H17FN4O6S. The molecule has 0 saturated carbocycles. The molecule has 158 valence electrons. The van der Waals surface area contributed by atoms with E-state index in [0.717, 1.165) is 6.07 Å². The molecule has 2 aromatic carbocycles. The van der Waals surface area contributed by atoms with Crippen LogP contribution in [0.4, 0.5) is 9.18 Å². The first-order chi connectivity index (χ1) is 14.1. The van der Waals surface area contributed by atoms with Crippen molar-refractivity contribution in [2.45, 2.75) is 11.4 Å². The molecule has 2 amide bonds. The fraction of sp³-hybridized carbons (Fsp3) is 0.111. The van der Waals surface area contributed by atoms with Crippen LogP contribution < -0.4 is 15.6 Å². The minimum Gasteiger partial charge on any atom is -0.494 e. The Kier molecular flexibility index (Phi) is 5.73. The minimum absolute atomic E-state index is 0.00998. The molecule has 5 N–H and O–H groups in total. The summed E-state index contributed by atoms with van der Waals surface area (Å²) < 4.78 is 48.8. The van der Waals surface area contributed by atoms with Gasteiger partial charge in [-0.25, -0.2) is 27.7 Å². The molecular weight excluding hydrogens is 419 g/mol. The van der Waals surface area contributed by atoms with E-state index in [-0.39, 0.29) is 44.2 Å². The summed E-state index contributed by atoms with van der Waals surface area (Å²) in [6, 6.07) is 8.52. The smallest absolute Gasteiger partial charge is 0.339 e. The maximum Gasteiger partial charge on any atom is 0.339 e. The average molecular weight is 436 g/mol. The number of methoxy groups -OCH3 is 1. The number of sulfonamides is 1. The lowest BCUT2D eigenvalue weighted by Gasteiger charge is -2.08. The Morgan fingerprint density at radius 3 is 2.60 bits per heavy atom. The second kappa shape index (κ2) is 8.10. The van der Waals surface area contributed by atoms with Crippen molar-refractivity contribution in [2.24, 2.45) is 10.9 Å². The number of primary amides is 1. The van der Waals surface area contributed by atoms with E-state index in [1.54, 1.807) is 6.07 Å². The molecule has 0 radical (unpaired) electrons. The molecule has 0 aliphatic heterocycles. The number of hydrogen-bond acceptors (Lipinski definition) is 7. The Balaban J connectivity index is 2.23. The first-order valence-electron chi connectivity index (χ1n) is 8.33. The third-order valence-corrected chi connectivity index (χ3v) is 5.04. The molecule has 1 aromatic heterocycles. The fourth-order valence-corrected chi connectivity index (χ4v) is 3.47. The van der Waals surface area contributed by atoms with E-state index in [4.69, 9.17) is 20.0 Å². The molecule has 3 rings (SSSR count). The Labute approximate surface area is 170 Å². The highest BCUT2D eigenvalue weighted by molar-refractivity contribution is 7.89. The highest BCUT2D eigenvalue weighted by atomic mass is 32.2. The molecule has 1 heterocycles. The van der Waals surface area contributed by atoms with E-state index < -0.39 is 28.4 Å². The van der Waals surface area contributed by atoms with E-state index in [0.29, 0.717) is 0 Å². The molecule has 0 atom stereocenters. The number of aromatic nitrogens is 1. The number of oxazole rings is 1. The van der Waals surface area contributed by atoms with Crippen molar-refractivity contribution in [2.75, 3.05) is 7.11 Å². The number of hydrogen-bond donors (Lipinski definition) is 3. The molecule has 3 aromatic rings. The zero-order valence-electron chi connectivity index (χ0n) is 15.6. The fourth-order valence-electron chi connectivity index (χ4n) is 2.73. The second-order valence-electron chi connectivity index (χ2n) is 6.07. The highest BCUT2D eigenvalue weighted by Gasteiger charge is 2.25. The van der Waals surface area contributed by atoms with Crippen molar-refractivity contribution in [3.05, 3.63) is 54.2 Å². The van der Waals surface area contributed by atoms with Gasteiger partial charge >= 0.3 is 6.03 Å². The number of hydroxylamine groups is 2. The number of primary sulfonamides is 1. The van der Waals surface area contributed by atoms with E-state index >= 15 is 0 Å². The van der Waals surface area contributed by atoms with Gasteiger partial charge < -0.3 is 14.9 Å². The maximum atomic E-state index is 14.3. The Morgan fingerprint density at radius 1 is 1.30 bits per heavy atom. The monoisotopic (exact) mass is 436 g/mol. The summed E-state index contributed by atoms with van der Waals surface area (Å²) in [6.45, 7) is -0.529. The van der Waals surface area contributed by atoms with Crippen LogP contribution in [0.2, 0.25) is 0 Å². The Hall–Kier alpha value is -3.48. The van der Waals surface area contributed by atoms with E-state index in [9.17, 15) is 22.8 Å². The minimum atomic E-state index is -4.14. The van der Waals surface area contributed by atoms with Crippen molar-refractivity contribution < 1.29 is 32.0 Å². The number of benzene rings is 2. The third kappa shape index (κ3) is 4.25. The lowest BCUT2D eigenvalue weighted by Crippen LogP contribution is -2.32. The third-order valence-electron chi connectivity index (χ3n) is 4.07. The standard InChI is InChI=1S/C18H17FN4O6S/c1-28-13-7-6-10(8-12(13)19)16-17(29-15(22-16)9-23(25)18(20)24)11-4-2-3-5-14(11)30(21,26)27/h2-8,25H,9H2,1H3,(H2,20,24)(H2,21,26,27). The van der Waals surface area contributed by atoms with Gasteiger partial charge in [-0.1, -0.05) is 12.1 Å². The molecule has 0 fully saturated rings. The largest absolute Gasteiger partial charge is 0.494 e. The quantitative estimate of drug-likeness (QED) is 0.393. The number of rotatable bonds is 6. The summed E-state index contributed by atoms with van der Waals surface area (Å²) in [5, 5.41) is 15.0. The summed E-state index contributed by atoms with van der Waals surface area (Å²) in [7, 11) is -2.84. The van der Waals surface area contributed by atoms with Crippen LogP contribution >= 0.6 is 0 Å². The van der Waals surface area contributed by atoms with Crippen LogP contribution in [0, 0.1) is 5.82 Å². The average Bonchev–Trinajstić information content (AvgIpc) is 3.10. The number of nitrogens with zero attached hydrogens (tertiary/aromatic N) is 2. The first-order valence-corrected chi connectivity index (χ1v) is 9.88. The van der Waals surface area contributed by atoms with Gasteiger partial charge in [-0.3, -0.25) is 5.21 Å². The number of ether oxygens (including phenoxy) is 1. The van der Waals surface area contributed by atoms with Crippen LogP contribution in [-0.4, -0.2) is 36.8 Å². The van der Waals surface area contributed by atoms with E-state index in [1.807, 2.05) is 0 Å². The van der Waals surface area contributed by atoms with Gasteiger partial charge in [0.1, 0.15) is 12.2 Å². The summed E-state index contributed by atoms with van der Waals surface area (Å²) >= 11 is 0. The van der Waals surface area contributed by atoms with E-state index in [1.165, 1.54) is 37.4 Å². The van der Waals surface area contributed by atoms with Crippen molar-refractivity contribution in [3.63, 3.8) is 0 Å². The molecule has 0 saturated heterocycles. The van der Waals surface area contributed by atoms with Crippen molar-refractivity contribution in [3.8, 4) is 28.3 Å². The van der Waals surface area contributed by atoms with Gasteiger partial charge in [0.15, 0.2) is 17.3 Å². The van der Waals surface area contributed by atoms with Crippen molar-refractivity contribution in [1.82, 2.24) is 10.0 Å². The number of urea groups is 1. The predicted molar refractivity (Wildman–Crippen MR) is 102 cm³/mol. The topological polar surface area (TPSA) is 162 Å². The Bertz CT molecular complexity index is 1210. The van der Waals surface area contributed by atoms with Crippen molar-refractivity contribution >= 4 is 16.1 Å². The van der Waals surface area contributed by atoms with Crippen LogP contribution in [0.3, 0.4) is 0 Å². The SMILES string of the molecule is COc1ccc(-c2nc(CN(O)C(N)=O)oc2-c2ccccc2S(N)(=O)=O)cc1F. The molecule has 0 aliphatic carbocycles. The number of carbonyl (C=O) groups is 1. The lowest BCUT2D eigenvalue weighted by atomic mass is 10.1. The summed E-state index contributed by atoms with van der Waals surface area (Å²) in [5.74, 6) is -0.936. The van der Waals surface area contributed by atoms with Crippen LogP contribution in [-0.2, 0) is 16.6 Å². The number of nitrogens with two attached hydrogens (primary N) is 2. The van der Waals surface area contributed by atoms with Gasteiger partial charge in [-0.05, 0) is 30.3 Å². The number of halogens is 1.